The normalized spacial score (nSPS) is 16.0. The molecule has 34 heavy (non-hydrogen) atoms. The molecule has 1 aliphatic rings. The van der Waals surface area contributed by atoms with Crippen LogP contribution in [0.1, 0.15) is 51.7 Å². The molecule has 2 aromatic rings. The van der Waals surface area contributed by atoms with E-state index < -0.39 is 5.60 Å². The van der Waals surface area contributed by atoms with Crippen molar-refractivity contribution in [1.82, 2.24) is 15.1 Å². The van der Waals surface area contributed by atoms with Gasteiger partial charge in [-0.25, -0.2) is 4.79 Å². The van der Waals surface area contributed by atoms with E-state index >= 15 is 0 Å². The van der Waals surface area contributed by atoms with Crippen molar-refractivity contribution in [3.05, 3.63) is 35.4 Å². The molecule has 1 aromatic carbocycles. The molecule has 1 aliphatic heterocycles. The minimum Gasteiger partial charge on any atom is -0.467 e. The molecule has 0 unspecified atom stereocenters. The highest BCUT2D eigenvalue weighted by molar-refractivity contribution is 5.72. The predicted molar refractivity (Wildman–Crippen MR) is 132 cm³/mol. The standard InChI is InChI=1S/C26H34N4O4/c1-7-19-11-12-21(22(15-19)33-17-32-8-2)24-18(3)14-23(28-29-24)27-20-10-9-13-30(16-20)25(31)34-26(4,5)6/h1,11-12,14-15,20H,8-10,13,16-17H2,2-6H3,(H,27,28)/t20-/m1/s1. The molecule has 8 heteroatoms. The van der Waals surface area contributed by atoms with Gasteiger partial charge in [-0.05, 0) is 77.3 Å². The van der Waals surface area contributed by atoms with Gasteiger partial charge in [0.25, 0.3) is 0 Å². The van der Waals surface area contributed by atoms with Gasteiger partial charge in [-0.2, -0.15) is 0 Å². The Balaban J connectivity index is 1.73. The summed E-state index contributed by atoms with van der Waals surface area (Å²) in [5.74, 6) is 3.89. The lowest BCUT2D eigenvalue weighted by Crippen LogP contribution is -2.47. The molecule has 1 N–H and O–H groups in total. The number of nitrogens with one attached hydrogen (secondary N) is 1. The number of amides is 1. The number of ether oxygens (including phenoxy) is 3. The number of hydrogen-bond acceptors (Lipinski definition) is 7. The minimum atomic E-state index is -0.514. The highest BCUT2D eigenvalue weighted by atomic mass is 16.7. The van der Waals surface area contributed by atoms with Gasteiger partial charge in [0, 0.05) is 36.9 Å². The molecular formula is C26H34N4O4. The number of aromatic nitrogens is 2. The summed E-state index contributed by atoms with van der Waals surface area (Å²) in [6.07, 6.45) is 7.10. The first kappa shape index (κ1) is 25.3. The summed E-state index contributed by atoms with van der Waals surface area (Å²) in [6.45, 7) is 11.4. The summed E-state index contributed by atoms with van der Waals surface area (Å²) in [5, 5.41) is 12.3. The lowest BCUT2D eigenvalue weighted by Gasteiger charge is -2.34. The van der Waals surface area contributed by atoms with Crippen LogP contribution in [-0.2, 0) is 9.47 Å². The number of piperidine rings is 1. The van der Waals surface area contributed by atoms with Gasteiger partial charge in [0.1, 0.15) is 17.2 Å². The van der Waals surface area contributed by atoms with E-state index in [-0.39, 0.29) is 18.9 Å². The van der Waals surface area contributed by atoms with Crippen molar-refractivity contribution in [2.45, 2.75) is 59.1 Å². The third kappa shape index (κ3) is 6.84. The molecule has 1 aromatic heterocycles. The number of aryl methyl sites for hydroxylation is 1. The minimum absolute atomic E-state index is 0.0702. The topological polar surface area (TPSA) is 85.8 Å². The van der Waals surface area contributed by atoms with Crippen LogP contribution in [0.4, 0.5) is 10.6 Å². The Hall–Kier alpha value is -3.31. The fraction of sp³-hybridized carbons (Fsp3) is 0.500. The number of anilines is 1. The first-order valence-corrected chi connectivity index (χ1v) is 11.6. The average molecular weight is 467 g/mol. The van der Waals surface area contributed by atoms with Crippen LogP contribution in [0.25, 0.3) is 11.3 Å². The Morgan fingerprint density at radius 3 is 2.76 bits per heavy atom. The predicted octanol–water partition coefficient (Wildman–Crippen LogP) is 4.62. The summed E-state index contributed by atoms with van der Waals surface area (Å²) >= 11 is 0. The number of carbonyl (C=O) groups is 1. The summed E-state index contributed by atoms with van der Waals surface area (Å²) in [6, 6.07) is 7.57. The highest BCUT2D eigenvalue weighted by Crippen LogP contribution is 2.32. The largest absolute Gasteiger partial charge is 0.467 e. The van der Waals surface area contributed by atoms with Crippen LogP contribution in [0, 0.1) is 19.3 Å². The molecule has 3 rings (SSSR count). The van der Waals surface area contributed by atoms with Crippen molar-refractivity contribution in [3.63, 3.8) is 0 Å². The highest BCUT2D eigenvalue weighted by Gasteiger charge is 2.28. The summed E-state index contributed by atoms with van der Waals surface area (Å²) in [7, 11) is 0. The van der Waals surface area contributed by atoms with Gasteiger partial charge in [0.15, 0.2) is 6.79 Å². The van der Waals surface area contributed by atoms with Crippen molar-refractivity contribution in [2.24, 2.45) is 0 Å². The lowest BCUT2D eigenvalue weighted by atomic mass is 10.0. The average Bonchev–Trinajstić information content (AvgIpc) is 2.79. The van der Waals surface area contributed by atoms with Crippen LogP contribution in [0.15, 0.2) is 24.3 Å². The third-order valence-corrected chi connectivity index (χ3v) is 5.31. The SMILES string of the molecule is C#Cc1ccc(-c2nnc(N[C@@H]3CCCN(C(=O)OC(C)(C)C)C3)cc2C)c(OCOCC)c1. The summed E-state index contributed by atoms with van der Waals surface area (Å²) < 4.78 is 16.7. The molecule has 1 atom stereocenters. The zero-order valence-corrected chi connectivity index (χ0v) is 20.7. The Morgan fingerprint density at radius 1 is 1.29 bits per heavy atom. The van der Waals surface area contributed by atoms with Crippen molar-refractivity contribution < 1.29 is 19.0 Å². The third-order valence-electron chi connectivity index (χ3n) is 5.31. The maximum atomic E-state index is 12.5. The molecule has 1 saturated heterocycles. The second-order valence-electron chi connectivity index (χ2n) is 9.28. The van der Waals surface area contributed by atoms with Crippen LogP contribution < -0.4 is 10.1 Å². The zero-order valence-electron chi connectivity index (χ0n) is 20.7. The van der Waals surface area contributed by atoms with E-state index in [2.05, 4.69) is 21.4 Å². The molecule has 0 bridgehead atoms. The smallest absolute Gasteiger partial charge is 0.410 e. The molecule has 0 saturated carbocycles. The number of nitrogens with zero attached hydrogens (tertiary/aromatic N) is 3. The van der Waals surface area contributed by atoms with E-state index in [0.29, 0.717) is 42.5 Å². The van der Waals surface area contributed by atoms with Crippen LogP contribution in [0.5, 0.6) is 5.75 Å². The van der Waals surface area contributed by atoms with Gasteiger partial charge in [-0.3, -0.25) is 0 Å². The molecule has 8 nitrogen and oxygen atoms in total. The van der Waals surface area contributed by atoms with E-state index in [0.717, 1.165) is 24.0 Å². The Labute approximate surface area is 202 Å². The van der Waals surface area contributed by atoms with E-state index in [4.69, 9.17) is 20.6 Å². The van der Waals surface area contributed by atoms with Gasteiger partial charge < -0.3 is 24.4 Å². The van der Waals surface area contributed by atoms with E-state index in [1.54, 1.807) is 11.0 Å². The molecular weight excluding hydrogens is 432 g/mol. The Kier molecular flexibility index (Phi) is 8.35. The summed E-state index contributed by atoms with van der Waals surface area (Å²) in [5.41, 5.74) is 2.64. The van der Waals surface area contributed by atoms with Crippen molar-refractivity contribution in [3.8, 4) is 29.4 Å². The molecule has 0 radical (unpaired) electrons. The molecule has 2 heterocycles. The number of likely N-dealkylation sites (tertiary alicyclic amines) is 1. The van der Waals surface area contributed by atoms with E-state index in [9.17, 15) is 4.79 Å². The monoisotopic (exact) mass is 466 g/mol. The van der Waals surface area contributed by atoms with E-state index in [1.807, 2.05) is 52.8 Å². The van der Waals surface area contributed by atoms with Crippen molar-refractivity contribution >= 4 is 11.9 Å². The lowest BCUT2D eigenvalue weighted by molar-refractivity contribution is 0.0205. The first-order chi connectivity index (χ1) is 16.2. The first-order valence-electron chi connectivity index (χ1n) is 11.6. The second kappa shape index (κ2) is 11.2. The number of carbonyl (C=O) groups excluding carboxylic acids is 1. The van der Waals surface area contributed by atoms with Crippen LogP contribution >= 0.6 is 0 Å². The van der Waals surface area contributed by atoms with Gasteiger partial charge in [-0.1, -0.05) is 5.92 Å². The fourth-order valence-electron chi connectivity index (χ4n) is 3.73. The zero-order chi connectivity index (χ0) is 24.7. The Morgan fingerprint density at radius 2 is 2.09 bits per heavy atom. The fourth-order valence-corrected chi connectivity index (χ4v) is 3.73. The van der Waals surface area contributed by atoms with E-state index in [1.165, 1.54) is 0 Å². The van der Waals surface area contributed by atoms with Gasteiger partial charge in [0.05, 0.1) is 5.69 Å². The molecule has 0 spiro atoms. The van der Waals surface area contributed by atoms with Gasteiger partial charge in [0.2, 0.25) is 0 Å². The second-order valence-corrected chi connectivity index (χ2v) is 9.28. The van der Waals surface area contributed by atoms with Gasteiger partial charge >= 0.3 is 6.09 Å². The molecule has 182 valence electrons. The molecule has 1 amide bonds. The van der Waals surface area contributed by atoms with Crippen LogP contribution in [0.3, 0.4) is 0 Å². The van der Waals surface area contributed by atoms with Crippen LogP contribution in [-0.4, -0.2) is 59.3 Å². The number of terminal acetylenes is 1. The maximum absolute atomic E-state index is 12.5. The molecule has 0 aliphatic carbocycles. The van der Waals surface area contributed by atoms with Gasteiger partial charge in [-0.15, -0.1) is 16.6 Å². The number of rotatable bonds is 7. The number of hydrogen-bond donors (Lipinski definition) is 1. The van der Waals surface area contributed by atoms with Crippen molar-refractivity contribution in [1.29, 1.82) is 0 Å². The quantitative estimate of drug-likeness (QED) is 0.362. The maximum Gasteiger partial charge on any atom is 0.410 e. The summed E-state index contributed by atoms with van der Waals surface area (Å²) in [4.78, 5) is 14.2. The van der Waals surface area contributed by atoms with Crippen molar-refractivity contribution in [2.75, 3.05) is 31.8 Å². The molecule has 1 fully saturated rings. The van der Waals surface area contributed by atoms with Crippen LogP contribution in [0.2, 0.25) is 0 Å². The number of benzene rings is 1. The Bertz CT molecular complexity index is 1040.